The molecule has 3 aromatic heterocycles. The number of carbonyl (C=O) groups is 2. The minimum Gasteiger partial charge on any atom is -0.392 e. The quantitative estimate of drug-likeness (QED) is 0.424. The van der Waals surface area contributed by atoms with Gasteiger partial charge in [-0.1, -0.05) is 0 Å². The maximum absolute atomic E-state index is 15.2. The molecule has 0 aliphatic carbocycles. The van der Waals surface area contributed by atoms with E-state index in [0.717, 1.165) is 38.2 Å². The number of aliphatic hydroxyl groups is 1. The van der Waals surface area contributed by atoms with Gasteiger partial charge in [-0.2, -0.15) is 5.10 Å². The second-order valence-electron chi connectivity index (χ2n) is 11.8. The molecule has 7 heterocycles. The van der Waals surface area contributed by atoms with Crippen LogP contribution in [0, 0.1) is 5.82 Å². The molecule has 4 aliphatic heterocycles. The van der Waals surface area contributed by atoms with Crippen molar-refractivity contribution in [3.05, 3.63) is 75.9 Å². The Morgan fingerprint density at radius 1 is 1.17 bits per heavy atom. The fourth-order valence-corrected chi connectivity index (χ4v) is 6.99. The van der Waals surface area contributed by atoms with Gasteiger partial charge in [0.1, 0.15) is 17.9 Å². The molecule has 0 saturated carbocycles. The van der Waals surface area contributed by atoms with Crippen LogP contribution in [-0.2, 0) is 43.9 Å². The highest BCUT2D eigenvalue weighted by atomic mass is 19.1. The monoisotopic (exact) mass is 574 g/mol. The third-order valence-electron chi connectivity index (χ3n) is 9.09. The predicted octanol–water partition coefficient (Wildman–Crippen LogP) is 2.07. The Morgan fingerprint density at radius 3 is 2.86 bits per heavy atom. The Labute approximate surface area is 243 Å². The number of carbonyl (C=O) groups excluding carboxylic acids is 2. The van der Waals surface area contributed by atoms with Crippen LogP contribution in [0.4, 0.5) is 10.2 Å². The normalized spacial score (nSPS) is 23.8. The lowest BCUT2D eigenvalue weighted by atomic mass is 9.88. The minimum atomic E-state index is -0.687. The van der Waals surface area contributed by atoms with Crippen LogP contribution in [0.3, 0.4) is 0 Å². The van der Waals surface area contributed by atoms with Crippen LogP contribution < -0.4 is 10.6 Å². The Balaban J connectivity index is 1.19. The molecule has 0 bridgehead atoms. The van der Waals surface area contributed by atoms with E-state index in [4.69, 9.17) is 0 Å². The number of pyridine rings is 1. The lowest BCUT2D eigenvalue weighted by molar-refractivity contribution is -0.123. The molecule has 4 aliphatic rings. The second kappa shape index (κ2) is 10.4. The van der Waals surface area contributed by atoms with Crippen molar-refractivity contribution in [3.63, 3.8) is 0 Å². The molecule has 3 atom stereocenters. The number of ketones is 1. The summed E-state index contributed by atoms with van der Waals surface area (Å²) in [5.41, 5.74) is 4.11. The molecular formula is C30H35FN8O3. The smallest absolute Gasteiger partial charge is 0.256 e. The molecule has 0 radical (unpaired) electrons. The fraction of sp³-hybridized carbons (Fsp3) is 0.467. The molecule has 3 aromatic rings. The number of hydrogen-bond acceptors (Lipinski definition) is 8. The Hall–Kier alpha value is -4.03. The van der Waals surface area contributed by atoms with E-state index in [-0.39, 0.29) is 18.0 Å². The molecule has 11 nitrogen and oxygen atoms in total. The first-order chi connectivity index (χ1) is 20.3. The number of fused-ring (bicyclic) bond motifs is 4. The van der Waals surface area contributed by atoms with Gasteiger partial charge in [0.2, 0.25) is 0 Å². The van der Waals surface area contributed by atoms with Crippen molar-refractivity contribution in [2.45, 2.75) is 70.0 Å². The number of likely N-dealkylation sites (N-methyl/N-ethyl adjacent to an activating group) is 2. The number of amides is 1. The summed E-state index contributed by atoms with van der Waals surface area (Å²) in [5.74, 6) is -0.334. The third kappa shape index (κ3) is 4.31. The topological polar surface area (TPSA) is 121 Å². The van der Waals surface area contributed by atoms with Crippen molar-refractivity contribution < 1.29 is 19.1 Å². The maximum Gasteiger partial charge on any atom is 0.256 e. The van der Waals surface area contributed by atoms with E-state index < -0.39 is 29.8 Å². The standard InChI is InChI=1S/C30H35FN8O3/c1-36-11-12-39-17(15-36)13-24(35-39)33-20-7-10-37(2)28(29(20)41)18-6-8-32-27(19(18)16-40)21-14-23-25(30(42)34-21)26(31)22-5-3-4-9-38(22)23/h6-8,10,13,20-21,28,40H,3-5,9,11-12,14-16H2,1-2H3,(H,33,35)(H,34,42). The lowest BCUT2D eigenvalue weighted by Gasteiger charge is -2.35. The van der Waals surface area contributed by atoms with Crippen LogP contribution in [0.2, 0.25) is 0 Å². The summed E-state index contributed by atoms with van der Waals surface area (Å²) in [5, 5.41) is 21.5. The summed E-state index contributed by atoms with van der Waals surface area (Å²) in [6, 6.07) is 1.88. The summed E-state index contributed by atoms with van der Waals surface area (Å²) in [7, 11) is 3.90. The Kier molecular flexibility index (Phi) is 6.62. The number of hydrogen-bond donors (Lipinski definition) is 3. The summed E-state index contributed by atoms with van der Waals surface area (Å²) >= 11 is 0. The zero-order valence-electron chi connectivity index (χ0n) is 23.8. The van der Waals surface area contributed by atoms with Gasteiger partial charge in [-0.15, -0.1) is 0 Å². The van der Waals surface area contributed by atoms with E-state index in [1.165, 1.54) is 0 Å². The van der Waals surface area contributed by atoms with Gasteiger partial charge in [0.25, 0.3) is 5.91 Å². The van der Waals surface area contributed by atoms with Gasteiger partial charge in [0, 0.05) is 56.6 Å². The average Bonchev–Trinajstić information content (AvgIpc) is 3.52. The zero-order chi connectivity index (χ0) is 29.1. The summed E-state index contributed by atoms with van der Waals surface area (Å²) in [6.45, 7) is 2.83. The fourth-order valence-electron chi connectivity index (χ4n) is 6.99. The molecule has 12 heteroatoms. The van der Waals surface area contributed by atoms with Crippen molar-refractivity contribution in [2.75, 3.05) is 26.0 Å². The highest BCUT2D eigenvalue weighted by Gasteiger charge is 2.39. The van der Waals surface area contributed by atoms with Crippen LogP contribution in [0.5, 0.6) is 0 Å². The Morgan fingerprint density at radius 2 is 2.02 bits per heavy atom. The molecule has 3 unspecified atom stereocenters. The average molecular weight is 575 g/mol. The summed E-state index contributed by atoms with van der Waals surface area (Å²) in [6.07, 6.45) is 8.10. The molecule has 7 rings (SSSR count). The predicted molar refractivity (Wildman–Crippen MR) is 152 cm³/mol. The molecule has 0 spiro atoms. The zero-order valence-corrected chi connectivity index (χ0v) is 23.8. The van der Waals surface area contributed by atoms with E-state index in [0.29, 0.717) is 53.4 Å². The van der Waals surface area contributed by atoms with Gasteiger partial charge < -0.3 is 25.2 Å². The molecule has 3 N–H and O–H groups in total. The Bertz CT molecular complexity index is 1610. The SMILES string of the molecule is CN1CCn2nc(NC3C=CN(C)C(c4ccnc(C5Cc6c(c(F)c7n6CCCC7)C(=O)N5)c4CO)C3=O)cc2C1. The first-order valence-corrected chi connectivity index (χ1v) is 14.6. The molecule has 0 fully saturated rings. The van der Waals surface area contributed by atoms with Crippen molar-refractivity contribution in [1.29, 1.82) is 0 Å². The van der Waals surface area contributed by atoms with Gasteiger partial charge in [-0.05, 0) is 50.2 Å². The largest absolute Gasteiger partial charge is 0.392 e. The van der Waals surface area contributed by atoms with E-state index >= 15 is 4.39 Å². The number of anilines is 1. The number of aliphatic hydroxyl groups excluding tert-OH is 1. The van der Waals surface area contributed by atoms with E-state index in [9.17, 15) is 14.7 Å². The summed E-state index contributed by atoms with van der Waals surface area (Å²) < 4.78 is 19.1. The molecule has 0 aromatic carbocycles. The van der Waals surface area contributed by atoms with Crippen molar-refractivity contribution in [1.82, 2.24) is 34.4 Å². The van der Waals surface area contributed by atoms with Crippen molar-refractivity contribution >= 4 is 17.5 Å². The van der Waals surface area contributed by atoms with Crippen LogP contribution in [0.1, 0.15) is 69.2 Å². The molecular weight excluding hydrogens is 539 g/mol. The first kappa shape index (κ1) is 26.8. The van der Waals surface area contributed by atoms with Crippen LogP contribution in [0.25, 0.3) is 0 Å². The molecule has 220 valence electrons. The van der Waals surface area contributed by atoms with Gasteiger partial charge in [-0.25, -0.2) is 4.39 Å². The van der Waals surface area contributed by atoms with Crippen molar-refractivity contribution in [2.24, 2.45) is 0 Å². The number of aromatic nitrogens is 4. The molecule has 0 saturated heterocycles. The minimum absolute atomic E-state index is 0.0902. The van der Waals surface area contributed by atoms with E-state index in [1.54, 1.807) is 12.3 Å². The highest BCUT2D eigenvalue weighted by molar-refractivity contribution is 5.98. The first-order valence-electron chi connectivity index (χ1n) is 14.6. The van der Waals surface area contributed by atoms with Gasteiger partial charge in [0.05, 0.1) is 41.8 Å². The van der Waals surface area contributed by atoms with Crippen molar-refractivity contribution in [3.8, 4) is 0 Å². The van der Waals surface area contributed by atoms with Gasteiger partial charge >= 0.3 is 0 Å². The number of halogens is 1. The molecule has 1 amide bonds. The van der Waals surface area contributed by atoms with Gasteiger partial charge in [-0.3, -0.25) is 24.2 Å². The number of Topliss-reactive ketones (excluding diaryl/α,β-unsaturated/α-hetero) is 1. The third-order valence-corrected chi connectivity index (χ3v) is 9.09. The number of nitrogens with zero attached hydrogens (tertiary/aromatic N) is 6. The van der Waals surface area contributed by atoms with E-state index in [1.807, 2.05) is 39.5 Å². The van der Waals surface area contributed by atoms with Crippen LogP contribution in [-0.4, -0.2) is 72.6 Å². The second-order valence-corrected chi connectivity index (χ2v) is 11.8. The maximum atomic E-state index is 15.2. The highest BCUT2D eigenvalue weighted by Crippen LogP contribution is 2.37. The lowest BCUT2D eigenvalue weighted by Crippen LogP contribution is -2.42. The van der Waals surface area contributed by atoms with Gasteiger partial charge in [0.15, 0.2) is 11.6 Å². The molecule has 42 heavy (non-hydrogen) atoms. The van der Waals surface area contributed by atoms with Crippen LogP contribution >= 0.6 is 0 Å². The number of nitrogens with one attached hydrogen (secondary N) is 2. The number of rotatable bonds is 5. The summed E-state index contributed by atoms with van der Waals surface area (Å²) in [4.78, 5) is 35.7. The van der Waals surface area contributed by atoms with E-state index in [2.05, 4.69) is 32.7 Å². The van der Waals surface area contributed by atoms with Crippen LogP contribution in [0.15, 0.2) is 30.6 Å².